The quantitative estimate of drug-likeness (QED) is 0.454. The van der Waals surface area contributed by atoms with Crippen molar-refractivity contribution >= 4 is 17.5 Å². The molecule has 1 heterocycles. The lowest BCUT2D eigenvalue weighted by atomic mass is 9.91. The van der Waals surface area contributed by atoms with Crippen LogP contribution in [-0.4, -0.2) is 24.6 Å². The molecule has 2 rings (SSSR count). The van der Waals surface area contributed by atoms with E-state index in [9.17, 15) is 14.4 Å². The number of methoxy groups -OCH3 is 1. The van der Waals surface area contributed by atoms with Crippen LogP contribution in [0.2, 0.25) is 0 Å². The van der Waals surface area contributed by atoms with Crippen LogP contribution in [0.15, 0.2) is 24.3 Å². The van der Waals surface area contributed by atoms with E-state index in [1.807, 2.05) is 0 Å². The highest BCUT2D eigenvalue weighted by molar-refractivity contribution is 6.40. The maximum Gasteiger partial charge on any atom is 0.376 e. The summed E-state index contributed by atoms with van der Waals surface area (Å²) in [7, 11) is 1.53. The minimum absolute atomic E-state index is 0.369. The average Bonchev–Trinajstić information content (AvgIpc) is 2.66. The summed E-state index contributed by atoms with van der Waals surface area (Å²) in [6, 6.07) is 6.71. The van der Waals surface area contributed by atoms with Gasteiger partial charge in [0.2, 0.25) is 0 Å². The SMILES string of the molecule is COc1ccc(C2OC(=O)C(=O)C2C(C)=O)cc1. The van der Waals surface area contributed by atoms with E-state index in [0.717, 1.165) is 0 Å². The molecule has 2 atom stereocenters. The molecule has 1 aromatic carbocycles. The van der Waals surface area contributed by atoms with Gasteiger partial charge in [-0.25, -0.2) is 4.79 Å². The fourth-order valence-electron chi connectivity index (χ4n) is 1.96. The predicted molar refractivity (Wildman–Crippen MR) is 61.0 cm³/mol. The maximum atomic E-state index is 11.5. The van der Waals surface area contributed by atoms with Crippen LogP contribution in [0.3, 0.4) is 0 Å². The summed E-state index contributed by atoms with van der Waals surface area (Å²) in [5.74, 6) is -2.48. The largest absolute Gasteiger partial charge is 0.497 e. The van der Waals surface area contributed by atoms with Crippen molar-refractivity contribution in [2.45, 2.75) is 13.0 Å². The van der Waals surface area contributed by atoms with Crippen molar-refractivity contribution in [1.29, 1.82) is 0 Å². The van der Waals surface area contributed by atoms with E-state index in [0.29, 0.717) is 11.3 Å². The third-order valence-corrected chi connectivity index (χ3v) is 2.90. The van der Waals surface area contributed by atoms with Gasteiger partial charge in [-0.2, -0.15) is 0 Å². The van der Waals surface area contributed by atoms with E-state index in [1.54, 1.807) is 24.3 Å². The van der Waals surface area contributed by atoms with Crippen molar-refractivity contribution in [2.75, 3.05) is 7.11 Å². The van der Waals surface area contributed by atoms with Crippen LogP contribution in [0.25, 0.3) is 0 Å². The minimum atomic E-state index is -1.04. The number of hydrogen-bond donors (Lipinski definition) is 0. The van der Waals surface area contributed by atoms with Gasteiger partial charge in [-0.1, -0.05) is 12.1 Å². The molecule has 0 aromatic heterocycles. The highest BCUT2D eigenvalue weighted by Crippen LogP contribution is 2.34. The molecular weight excluding hydrogens is 236 g/mol. The Morgan fingerprint density at radius 3 is 2.33 bits per heavy atom. The molecule has 0 bridgehead atoms. The van der Waals surface area contributed by atoms with Gasteiger partial charge in [-0.3, -0.25) is 9.59 Å². The summed E-state index contributed by atoms with van der Waals surface area (Å²) in [6.45, 7) is 1.28. The van der Waals surface area contributed by atoms with Crippen LogP contribution < -0.4 is 4.74 Å². The van der Waals surface area contributed by atoms with E-state index in [-0.39, 0.29) is 5.78 Å². The number of benzene rings is 1. The number of hydrogen-bond acceptors (Lipinski definition) is 5. The van der Waals surface area contributed by atoms with E-state index < -0.39 is 23.8 Å². The Hall–Kier alpha value is -2.17. The van der Waals surface area contributed by atoms with Gasteiger partial charge in [0, 0.05) is 0 Å². The third kappa shape index (κ3) is 1.99. The number of ketones is 2. The molecule has 0 amide bonds. The van der Waals surface area contributed by atoms with E-state index >= 15 is 0 Å². The third-order valence-electron chi connectivity index (χ3n) is 2.90. The first kappa shape index (κ1) is 12.3. The zero-order chi connectivity index (χ0) is 13.3. The number of carbonyl (C=O) groups is 3. The molecule has 0 N–H and O–H groups in total. The Morgan fingerprint density at radius 2 is 1.83 bits per heavy atom. The number of carbonyl (C=O) groups excluding carboxylic acids is 3. The Labute approximate surface area is 104 Å². The molecule has 1 saturated heterocycles. The molecule has 0 spiro atoms. The molecule has 1 aromatic rings. The van der Waals surface area contributed by atoms with Crippen molar-refractivity contribution in [1.82, 2.24) is 0 Å². The highest BCUT2D eigenvalue weighted by atomic mass is 16.6. The summed E-state index contributed by atoms with van der Waals surface area (Å²) >= 11 is 0. The summed E-state index contributed by atoms with van der Waals surface area (Å²) < 4.78 is 9.96. The van der Waals surface area contributed by atoms with Crippen LogP contribution in [0.1, 0.15) is 18.6 Å². The second-order valence-corrected chi connectivity index (χ2v) is 4.05. The molecule has 0 radical (unpaired) electrons. The number of cyclic esters (lactones) is 1. The summed E-state index contributed by atoms with van der Waals surface area (Å²) in [5, 5.41) is 0. The zero-order valence-corrected chi connectivity index (χ0v) is 10.0. The minimum Gasteiger partial charge on any atom is -0.497 e. The van der Waals surface area contributed by atoms with Gasteiger partial charge in [-0.15, -0.1) is 0 Å². The van der Waals surface area contributed by atoms with Gasteiger partial charge in [-0.05, 0) is 24.6 Å². The van der Waals surface area contributed by atoms with Crippen LogP contribution in [0, 0.1) is 5.92 Å². The lowest BCUT2D eigenvalue weighted by Gasteiger charge is -2.14. The normalized spacial score (nSPS) is 22.8. The van der Waals surface area contributed by atoms with Crippen molar-refractivity contribution in [3.63, 3.8) is 0 Å². The predicted octanol–water partition coefficient (Wildman–Crippen LogP) is 1.07. The van der Waals surface area contributed by atoms with Crippen molar-refractivity contribution in [2.24, 2.45) is 5.92 Å². The topological polar surface area (TPSA) is 69.7 Å². The van der Waals surface area contributed by atoms with Crippen LogP contribution in [0.5, 0.6) is 5.75 Å². The zero-order valence-electron chi connectivity index (χ0n) is 10.0. The molecule has 5 nitrogen and oxygen atoms in total. The van der Waals surface area contributed by atoms with Crippen molar-refractivity contribution < 1.29 is 23.9 Å². The summed E-state index contributed by atoms with van der Waals surface area (Å²) in [4.78, 5) is 34.2. The molecule has 1 aliphatic heterocycles. The van der Waals surface area contributed by atoms with Crippen molar-refractivity contribution in [3.05, 3.63) is 29.8 Å². The first-order valence-corrected chi connectivity index (χ1v) is 5.44. The fourth-order valence-corrected chi connectivity index (χ4v) is 1.96. The summed E-state index contributed by atoms with van der Waals surface area (Å²) in [6.07, 6.45) is -0.826. The van der Waals surface area contributed by atoms with Gasteiger partial charge in [0.1, 0.15) is 23.6 Å². The molecule has 94 valence electrons. The molecule has 18 heavy (non-hydrogen) atoms. The number of rotatable bonds is 3. The van der Waals surface area contributed by atoms with Crippen molar-refractivity contribution in [3.8, 4) is 5.75 Å². The summed E-state index contributed by atoms with van der Waals surface area (Å²) in [5.41, 5.74) is 0.607. The number of ether oxygens (including phenoxy) is 2. The van der Waals surface area contributed by atoms with Gasteiger partial charge in [0.05, 0.1) is 7.11 Å². The first-order valence-electron chi connectivity index (χ1n) is 5.44. The molecule has 0 aliphatic carbocycles. The second-order valence-electron chi connectivity index (χ2n) is 4.05. The standard InChI is InChI=1S/C13H12O5/c1-7(14)10-11(15)13(16)18-12(10)8-3-5-9(17-2)6-4-8/h3-6,10,12H,1-2H3. The van der Waals surface area contributed by atoms with E-state index in [4.69, 9.17) is 9.47 Å². The number of Topliss-reactive ketones (excluding diaryl/α,β-unsaturated/α-hetero) is 2. The molecule has 1 aliphatic rings. The molecular formula is C13H12O5. The van der Waals surface area contributed by atoms with Gasteiger partial charge in [0.15, 0.2) is 0 Å². The van der Waals surface area contributed by atoms with Gasteiger partial charge >= 0.3 is 5.97 Å². The molecule has 5 heteroatoms. The second kappa shape index (κ2) is 4.60. The highest BCUT2D eigenvalue weighted by Gasteiger charge is 2.47. The fraction of sp³-hybridized carbons (Fsp3) is 0.308. The Morgan fingerprint density at radius 1 is 1.22 bits per heavy atom. The Bertz CT molecular complexity index is 503. The molecule has 2 unspecified atom stereocenters. The van der Waals surface area contributed by atoms with Crippen LogP contribution >= 0.6 is 0 Å². The van der Waals surface area contributed by atoms with E-state index in [1.165, 1.54) is 14.0 Å². The van der Waals surface area contributed by atoms with E-state index in [2.05, 4.69) is 0 Å². The van der Waals surface area contributed by atoms with Gasteiger partial charge < -0.3 is 9.47 Å². The average molecular weight is 248 g/mol. The Kier molecular flexibility index (Phi) is 3.14. The smallest absolute Gasteiger partial charge is 0.376 e. The van der Waals surface area contributed by atoms with Gasteiger partial charge in [0.25, 0.3) is 5.78 Å². The molecule has 0 saturated carbocycles. The Balaban J connectivity index is 2.33. The van der Waals surface area contributed by atoms with Crippen LogP contribution in [-0.2, 0) is 19.1 Å². The first-order chi connectivity index (χ1) is 8.54. The lowest BCUT2D eigenvalue weighted by molar-refractivity contribution is -0.149. The molecule has 1 fully saturated rings. The maximum absolute atomic E-state index is 11.5. The lowest BCUT2D eigenvalue weighted by Crippen LogP contribution is -2.23. The number of esters is 1. The van der Waals surface area contributed by atoms with Crippen LogP contribution in [0.4, 0.5) is 0 Å². The monoisotopic (exact) mass is 248 g/mol.